The number of nitrogens with zero attached hydrogens (tertiary/aromatic N) is 2. The number of hydrogen-bond donors (Lipinski definition) is 0. The molecule has 1 heterocycles. The lowest BCUT2D eigenvalue weighted by Gasteiger charge is -2.26. The van der Waals surface area contributed by atoms with Crippen LogP contribution in [0.4, 0.5) is 0 Å². The number of ether oxygens (including phenoxy) is 1. The predicted molar refractivity (Wildman–Crippen MR) is 84.4 cm³/mol. The van der Waals surface area contributed by atoms with Gasteiger partial charge in [-0.25, -0.2) is 0 Å². The van der Waals surface area contributed by atoms with Gasteiger partial charge in [0, 0.05) is 18.5 Å². The number of benzene rings is 1. The van der Waals surface area contributed by atoms with Crippen molar-refractivity contribution < 1.29 is 9.53 Å². The molecule has 2 aromatic rings. The monoisotopic (exact) mass is 288 g/mol. The minimum absolute atomic E-state index is 0.0957. The van der Waals surface area contributed by atoms with Crippen LogP contribution in [0.15, 0.2) is 24.3 Å². The lowest BCUT2D eigenvalue weighted by molar-refractivity contribution is -0.141. The highest BCUT2D eigenvalue weighted by atomic mass is 16.5. The third-order valence-corrected chi connectivity index (χ3v) is 4.09. The fourth-order valence-electron chi connectivity index (χ4n) is 2.61. The van der Waals surface area contributed by atoms with Gasteiger partial charge in [0.2, 0.25) is 0 Å². The number of rotatable bonds is 7. The average molecular weight is 288 g/mol. The summed E-state index contributed by atoms with van der Waals surface area (Å²) in [5.74, 6) is 0.0957. The Balaban J connectivity index is 2.33. The van der Waals surface area contributed by atoms with Crippen LogP contribution in [0.5, 0.6) is 0 Å². The van der Waals surface area contributed by atoms with Crippen molar-refractivity contribution in [2.24, 2.45) is 0 Å². The van der Waals surface area contributed by atoms with E-state index in [1.807, 2.05) is 49.7 Å². The van der Waals surface area contributed by atoms with Crippen LogP contribution < -0.4 is 0 Å². The first-order valence-electron chi connectivity index (χ1n) is 7.67. The van der Waals surface area contributed by atoms with Gasteiger partial charge in [-0.1, -0.05) is 25.1 Å². The minimum atomic E-state index is -0.716. The highest BCUT2D eigenvalue weighted by Gasteiger charge is 2.32. The highest BCUT2D eigenvalue weighted by Crippen LogP contribution is 2.23. The first-order chi connectivity index (χ1) is 10.1. The van der Waals surface area contributed by atoms with Gasteiger partial charge in [-0.15, -0.1) is 0 Å². The quantitative estimate of drug-likeness (QED) is 0.784. The van der Waals surface area contributed by atoms with E-state index in [-0.39, 0.29) is 5.78 Å². The number of carbonyl (C=O) groups is 1. The number of aryl methyl sites for hydroxylation is 1. The Labute approximate surface area is 126 Å². The molecular formula is C17H24N2O2. The van der Waals surface area contributed by atoms with Crippen molar-refractivity contribution in [1.29, 1.82) is 0 Å². The summed E-state index contributed by atoms with van der Waals surface area (Å²) in [6, 6.07) is 8.06. The van der Waals surface area contributed by atoms with Crippen LogP contribution in [0.2, 0.25) is 0 Å². The molecule has 1 atom stereocenters. The van der Waals surface area contributed by atoms with Crippen LogP contribution in [0.25, 0.3) is 10.9 Å². The topological polar surface area (TPSA) is 44.1 Å². The Morgan fingerprint density at radius 2 is 2.00 bits per heavy atom. The molecule has 4 nitrogen and oxygen atoms in total. The van der Waals surface area contributed by atoms with Crippen molar-refractivity contribution in [3.8, 4) is 0 Å². The Hall–Kier alpha value is -1.68. The van der Waals surface area contributed by atoms with Crippen molar-refractivity contribution in [2.75, 3.05) is 6.61 Å². The summed E-state index contributed by atoms with van der Waals surface area (Å²) in [7, 11) is 0. The van der Waals surface area contributed by atoms with E-state index in [9.17, 15) is 4.79 Å². The van der Waals surface area contributed by atoms with Crippen molar-refractivity contribution in [3.05, 3.63) is 30.0 Å². The van der Waals surface area contributed by atoms with Crippen LogP contribution in [0, 0.1) is 0 Å². The average Bonchev–Trinajstić information content (AvgIpc) is 2.85. The molecule has 0 amide bonds. The zero-order valence-corrected chi connectivity index (χ0v) is 13.3. The van der Waals surface area contributed by atoms with Crippen molar-refractivity contribution in [3.63, 3.8) is 0 Å². The molecule has 0 fully saturated rings. The number of carbonyl (C=O) groups excluding carboxylic acids is 1. The summed E-state index contributed by atoms with van der Waals surface area (Å²) < 4.78 is 7.62. The molecule has 0 aliphatic carbocycles. The molecule has 21 heavy (non-hydrogen) atoms. The van der Waals surface area contributed by atoms with E-state index in [4.69, 9.17) is 4.74 Å². The number of fused-ring (bicyclic) bond motifs is 1. The smallest absolute Gasteiger partial charge is 0.170 e. The number of Topliss-reactive ketones (excluding diaryl/α,β-unsaturated/α-hetero) is 1. The van der Waals surface area contributed by atoms with Gasteiger partial charge in [0.05, 0.1) is 17.6 Å². The van der Waals surface area contributed by atoms with Crippen molar-refractivity contribution in [2.45, 2.75) is 52.7 Å². The molecule has 114 valence electrons. The SMILES string of the molecule is CCOC(C)(CC)C(=O)Cc1nn(CC)c2ccccc12. The van der Waals surface area contributed by atoms with Gasteiger partial charge in [0.15, 0.2) is 5.78 Å². The van der Waals surface area contributed by atoms with Crippen LogP contribution in [-0.2, 0) is 22.5 Å². The number of aromatic nitrogens is 2. The summed E-state index contributed by atoms with van der Waals surface area (Å²) in [6.07, 6.45) is 0.990. The molecule has 1 unspecified atom stereocenters. The Morgan fingerprint density at radius 1 is 1.29 bits per heavy atom. The normalized spacial score (nSPS) is 14.3. The molecule has 1 aromatic heterocycles. The summed E-state index contributed by atoms with van der Waals surface area (Å²) in [4.78, 5) is 12.6. The fourth-order valence-corrected chi connectivity index (χ4v) is 2.61. The van der Waals surface area contributed by atoms with E-state index in [2.05, 4.69) is 12.0 Å². The van der Waals surface area contributed by atoms with Gasteiger partial charge >= 0.3 is 0 Å². The van der Waals surface area contributed by atoms with E-state index in [1.165, 1.54) is 0 Å². The third kappa shape index (κ3) is 3.00. The van der Waals surface area contributed by atoms with E-state index in [1.54, 1.807) is 0 Å². The maximum atomic E-state index is 12.6. The molecule has 0 aliphatic rings. The summed E-state index contributed by atoms with van der Waals surface area (Å²) in [6.45, 7) is 9.17. The lowest BCUT2D eigenvalue weighted by atomic mass is 9.93. The Kier molecular flexibility index (Phi) is 4.78. The zero-order chi connectivity index (χ0) is 15.5. The molecule has 4 heteroatoms. The molecular weight excluding hydrogens is 264 g/mol. The molecule has 0 saturated heterocycles. The highest BCUT2D eigenvalue weighted by molar-refractivity contribution is 5.92. The van der Waals surface area contributed by atoms with E-state index in [0.29, 0.717) is 19.4 Å². The zero-order valence-electron chi connectivity index (χ0n) is 13.3. The molecule has 0 saturated carbocycles. The molecule has 0 spiro atoms. The second kappa shape index (κ2) is 6.39. The van der Waals surface area contributed by atoms with Crippen LogP contribution in [0.1, 0.15) is 39.8 Å². The van der Waals surface area contributed by atoms with Gasteiger partial charge in [0.25, 0.3) is 0 Å². The summed E-state index contributed by atoms with van der Waals surface area (Å²) in [5.41, 5.74) is 1.21. The Bertz CT molecular complexity index is 633. The largest absolute Gasteiger partial charge is 0.368 e. The summed E-state index contributed by atoms with van der Waals surface area (Å²) >= 11 is 0. The molecule has 0 N–H and O–H groups in total. The number of ketones is 1. The van der Waals surface area contributed by atoms with Crippen LogP contribution in [0.3, 0.4) is 0 Å². The molecule has 0 radical (unpaired) electrons. The lowest BCUT2D eigenvalue weighted by Crippen LogP contribution is -2.39. The minimum Gasteiger partial charge on any atom is -0.368 e. The summed E-state index contributed by atoms with van der Waals surface area (Å²) in [5, 5.41) is 5.65. The predicted octanol–water partition coefficient (Wildman–Crippen LogP) is 3.37. The van der Waals surface area contributed by atoms with Crippen molar-refractivity contribution >= 4 is 16.7 Å². The van der Waals surface area contributed by atoms with Gasteiger partial charge in [0.1, 0.15) is 5.60 Å². The first-order valence-corrected chi connectivity index (χ1v) is 7.67. The number of hydrogen-bond acceptors (Lipinski definition) is 3. The Morgan fingerprint density at radius 3 is 2.62 bits per heavy atom. The van der Waals surface area contributed by atoms with E-state index in [0.717, 1.165) is 23.1 Å². The van der Waals surface area contributed by atoms with E-state index < -0.39 is 5.60 Å². The van der Waals surface area contributed by atoms with Crippen LogP contribution in [-0.4, -0.2) is 27.8 Å². The van der Waals surface area contributed by atoms with Gasteiger partial charge in [-0.05, 0) is 33.3 Å². The first kappa shape index (κ1) is 15.7. The molecule has 0 bridgehead atoms. The molecule has 0 aliphatic heterocycles. The van der Waals surface area contributed by atoms with E-state index >= 15 is 0 Å². The molecule has 2 rings (SSSR count). The second-order valence-electron chi connectivity index (χ2n) is 5.40. The van der Waals surface area contributed by atoms with Gasteiger partial charge in [-0.2, -0.15) is 5.10 Å². The maximum absolute atomic E-state index is 12.6. The standard InChI is InChI=1S/C17H24N2O2/c1-5-17(4,21-7-3)16(20)12-14-13-10-8-9-11-15(13)19(6-2)18-14/h8-11H,5-7,12H2,1-4H3. The maximum Gasteiger partial charge on any atom is 0.170 e. The van der Waals surface area contributed by atoms with Crippen LogP contribution >= 0.6 is 0 Å². The van der Waals surface area contributed by atoms with Gasteiger partial charge < -0.3 is 4.74 Å². The number of para-hydroxylation sites is 1. The third-order valence-electron chi connectivity index (χ3n) is 4.09. The van der Waals surface area contributed by atoms with Crippen molar-refractivity contribution in [1.82, 2.24) is 9.78 Å². The molecule has 1 aromatic carbocycles. The van der Waals surface area contributed by atoms with Gasteiger partial charge in [-0.3, -0.25) is 9.48 Å². The fraction of sp³-hybridized carbons (Fsp3) is 0.529. The second-order valence-corrected chi connectivity index (χ2v) is 5.40.